The molecule has 1 fully saturated rings. The van der Waals surface area contributed by atoms with E-state index >= 15 is 0 Å². The molecule has 1 heterocycles. The minimum atomic E-state index is -1.20. The molecule has 0 saturated heterocycles. The Balaban J connectivity index is 1.78. The quantitative estimate of drug-likeness (QED) is 0.814. The first kappa shape index (κ1) is 20.1. The highest BCUT2D eigenvalue weighted by Crippen LogP contribution is 2.36. The fourth-order valence-electron chi connectivity index (χ4n) is 4.38. The average molecular weight is 384 g/mol. The number of hydrogen-bond acceptors (Lipinski definition) is 3. The maximum atomic E-state index is 12.9. The van der Waals surface area contributed by atoms with Crippen LogP contribution in [0, 0.1) is 5.92 Å². The van der Waals surface area contributed by atoms with Crippen LogP contribution in [0.2, 0.25) is 0 Å². The third-order valence-corrected chi connectivity index (χ3v) is 6.17. The van der Waals surface area contributed by atoms with E-state index in [1.165, 1.54) is 6.92 Å². The minimum absolute atomic E-state index is 0.0349. The summed E-state index contributed by atoms with van der Waals surface area (Å²) in [6.07, 6.45) is 7.12. The van der Waals surface area contributed by atoms with Gasteiger partial charge < -0.3 is 15.3 Å². The monoisotopic (exact) mass is 384 g/mol. The molecule has 1 aromatic carbocycles. The summed E-state index contributed by atoms with van der Waals surface area (Å²) < 4.78 is 0. The summed E-state index contributed by atoms with van der Waals surface area (Å²) in [6, 6.07) is 7.21. The van der Waals surface area contributed by atoms with Gasteiger partial charge in [0.05, 0.1) is 12.5 Å². The second kappa shape index (κ2) is 8.17. The van der Waals surface area contributed by atoms with Crippen molar-refractivity contribution >= 4 is 23.9 Å². The van der Waals surface area contributed by atoms with Crippen molar-refractivity contribution in [3.8, 4) is 0 Å². The fraction of sp³-hybridized carbons (Fsp3) is 0.500. The van der Waals surface area contributed by atoms with E-state index in [1.807, 2.05) is 30.3 Å². The lowest BCUT2D eigenvalue weighted by atomic mass is 9.75. The topological polar surface area (TPSA) is 86.7 Å². The molecule has 2 aliphatic rings. The number of rotatable bonds is 5. The molecule has 0 bridgehead atoms. The molecule has 1 atom stereocenters. The molecule has 1 saturated carbocycles. The van der Waals surface area contributed by atoms with Crippen molar-refractivity contribution in [3.05, 3.63) is 41.6 Å². The first-order chi connectivity index (χ1) is 13.4. The van der Waals surface area contributed by atoms with Gasteiger partial charge in [-0.2, -0.15) is 0 Å². The molecule has 2 amide bonds. The van der Waals surface area contributed by atoms with Crippen LogP contribution in [0.5, 0.6) is 0 Å². The van der Waals surface area contributed by atoms with E-state index in [9.17, 15) is 19.5 Å². The summed E-state index contributed by atoms with van der Waals surface area (Å²) >= 11 is 0. The Labute approximate surface area is 165 Å². The lowest BCUT2D eigenvalue weighted by molar-refractivity contribution is -0.150. The van der Waals surface area contributed by atoms with Crippen LogP contribution < -0.4 is 5.32 Å². The molecule has 6 nitrogen and oxygen atoms in total. The smallest absolute Gasteiger partial charge is 0.329 e. The van der Waals surface area contributed by atoms with E-state index in [4.69, 9.17) is 0 Å². The van der Waals surface area contributed by atoms with E-state index in [0.717, 1.165) is 30.4 Å². The third kappa shape index (κ3) is 3.96. The number of aliphatic carboxylic acids is 1. The van der Waals surface area contributed by atoms with E-state index in [2.05, 4.69) is 12.2 Å². The van der Waals surface area contributed by atoms with Gasteiger partial charge in [0.1, 0.15) is 5.54 Å². The predicted octanol–water partition coefficient (Wildman–Crippen LogP) is 3.49. The van der Waals surface area contributed by atoms with Crippen LogP contribution in [0.25, 0.3) is 6.08 Å². The maximum Gasteiger partial charge on any atom is 0.329 e. The number of fused-ring (bicyclic) bond motifs is 1. The highest BCUT2D eigenvalue weighted by molar-refractivity contribution is 5.88. The maximum absolute atomic E-state index is 12.9. The minimum Gasteiger partial charge on any atom is -0.480 e. The molecule has 0 aromatic heterocycles. The zero-order valence-corrected chi connectivity index (χ0v) is 16.5. The molecular weight excluding hydrogens is 356 g/mol. The van der Waals surface area contributed by atoms with Gasteiger partial charge in [-0.1, -0.05) is 37.6 Å². The highest BCUT2D eigenvalue weighted by atomic mass is 16.4. The van der Waals surface area contributed by atoms with Crippen molar-refractivity contribution in [1.29, 1.82) is 0 Å². The Morgan fingerprint density at radius 1 is 1.21 bits per heavy atom. The number of nitrogens with one attached hydrogen (secondary N) is 1. The number of amides is 2. The average Bonchev–Trinajstić information content (AvgIpc) is 2.68. The first-order valence-corrected chi connectivity index (χ1v) is 9.96. The molecule has 6 heteroatoms. The molecule has 1 unspecified atom stereocenters. The van der Waals surface area contributed by atoms with Crippen molar-refractivity contribution in [3.63, 3.8) is 0 Å². The molecular formula is C22H28N2O4. The Hall–Kier alpha value is -2.63. The zero-order valence-electron chi connectivity index (χ0n) is 16.5. The van der Waals surface area contributed by atoms with E-state index < -0.39 is 17.6 Å². The van der Waals surface area contributed by atoms with Gasteiger partial charge in [-0.15, -0.1) is 0 Å². The third-order valence-electron chi connectivity index (χ3n) is 6.17. The molecule has 1 aliphatic heterocycles. The number of carboxylic acid groups (broad SMARTS) is 1. The van der Waals surface area contributed by atoms with Crippen molar-refractivity contribution < 1.29 is 19.5 Å². The Morgan fingerprint density at radius 2 is 1.89 bits per heavy atom. The molecule has 3 rings (SSSR count). The van der Waals surface area contributed by atoms with Gasteiger partial charge in [-0.3, -0.25) is 9.59 Å². The number of nitrogens with zero attached hydrogens (tertiary/aromatic N) is 1. The van der Waals surface area contributed by atoms with Crippen LogP contribution in [0.3, 0.4) is 0 Å². The SMILES string of the molecule is CCC1CCC(NC(=O)CC2c3ccccc3C=CN2C(C)=O)(C(=O)O)CC1. The summed E-state index contributed by atoms with van der Waals surface area (Å²) in [5.41, 5.74) is 0.664. The summed E-state index contributed by atoms with van der Waals surface area (Å²) in [7, 11) is 0. The van der Waals surface area contributed by atoms with Gasteiger partial charge in [0.25, 0.3) is 0 Å². The standard InChI is InChI=1S/C22H28N2O4/c1-3-16-8-11-22(12-9-16,21(27)28)23-20(26)14-19-18-7-5-4-6-17(18)10-13-24(19)15(2)25/h4-7,10,13,16,19H,3,8-9,11-12,14H2,1-2H3,(H,23,26)(H,27,28). The largest absolute Gasteiger partial charge is 0.480 e. The van der Waals surface area contributed by atoms with Gasteiger partial charge in [0.2, 0.25) is 11.8 Å². The van der Waals surface area contributed by atoms with Crippen molar-refractivity contribution in [1.82, 2.24) is 10.2 Å². The van der Waals surface area contributed by atoms with Crippen LogP contribution in [0.1, 0.15) is 69.5 Å². The summed E-state index contributed by atoms with van der Waals surface area (Å²) in [5, 5.41) is 12.6. The fourth-order valence-corrected chi connectivity index (χ4v) is 4.38. The number of benzene rings is 1. The normalized spacial score (nSPS) is 26.4. The molecule has 0 radical (unpaired) electrons. The van der Waals surface area contributed by atoms with E-state index in [0.29, 0.717) is 18.8 Å². The van der Waals surface area contributed by atoms with Crippen LogP contribution >= 0.6 is 0 Å². The Bertz CT molecular complexity index is 793. The van der Waals surface area contributed by atoms with Crippen LogP contribution in [0.15, 0.2) is 30.5 Å². The molecule has 1 aromatic rings. The van der Waals surface area contributed by atoms with Crippen molar-refractivity contribution in [2.24, 2.45) is 5.92 Å². The van der Waals surface area contributed by atoms with Crippen LogP contribution in [-0.4, -0.2) is 33.3 Å². The molecule has 2 N–H and O–H groups in total. The second-order valence-corrected chi connectivity index (χ2v) is 7.88. The lowest BCUT2D eigenvalue weighted by Gasteiger charge is -2.38. The van der Waals surface area contributed by atoms with Gasteiger partial charge in [0.15, 0.2) is 0 Å². The van der Waals surface area contributed by atoms with Gasteiger partial charge >= 0.3 is 5.97 Å². The molecule has 1 aliphatic carbocycles. The first-order valence-electron chi connectivity index (χ1n) is 9.96. The second-order valence-electron chi connectivity index (χ2n) is 7.88. The molecule has 150 valence electrons. The summed E-state index contributed by atoms with van der Waals surface area (Å²) in [6.45, 7) is 3.58. The Kier molecular flexibility index (Phi) is 5.87. The number of carbonyl (C=O) groups excluding carboxylic acids is 2. The van der Waals surface area contributed by atoms with Gasteiger partial charge in [0, 0.05) is 13.1 Å². The predicted molar refractivity (Wildman–Crippen MR) is 106 cm³/mol. The van der Waals surface area contributed by atoms with Crippen molar-refractivity contribution in [2.75, 3.05) is 0 Å². The number of hydrogen-bond donors (Lipinski definition) is 2. The zero-order chi connectivity index (χ0) is 20.3. The van der Waals surface area contributed by atoms with Crippen molar-refractivity contribution in [2.45, 2.75) is 64.0 Å². The molecule has 0 spiro atoms. The van der Waals surface area contributed by atoms with E-state index in [-0.39, 0.29) is 18.2 Å². The van der Waals surface area contributed by atoms with E-state index in [1.54, 1.807) is 11.1 Å². The van der Waals surface area contributed by atoms with Crippen LogP contribution in [0.4, 0.5) is 0 Å². The summed E-state index contributed by atoms with van der Waals surface area (Å²) in [4.78, 5) is 38.5. The Morgan fingerprint density at radius 3 is 2.50 bits per heavy atom. The summed E-state index contributed by atoms with van der Waals surface area (Å²) in [5.74, 6) is -0.936. The molecule has 28 heavy (non-hydrogen) atoms. The van der Waals surface area contributed by atoms with Crippen LogP contribution in [-0.2, 0) is 14.4 Å². The van der Waals surface area contributed by atoms with Gasteiger partial charge in [-0.05, 0) is 48.8 Å². The lowest BCUT2D eigenvalue weighted by Crippen LogP contribution is -2.56. The highest BCUT2D eigenvalue weighted by Gasteiger charge is 2.43. The number of carboxylic acids is 1. The van der Waals surface area contributed by atoms with Gasteiger partial charge in [-0.25, -0.2) is 4.79 Å². The number of carbonyl (C=O) groups is 3.